The number of benzene rings is 1. The lowest BCUT2D eigenvalue weighted by molar-refractivity contribution is -0.140. The molecule has 0 aromatic heterocycles. The third kappa shape index (κ3) is 9.37. The summed E-state index contributed by atoms with van der Waals surface area (Å²) in [6.45, 7) is 0. The van der Waals surface area contributed by atoms with Crippen LogP contribution in [0.5, 0.6) is 0 Å². The molecule has 0 aliphatic heterocycles. The molecule has 0 N–H and O–H groups in total. The Morgan fingerprint density at radius 2 is 1.73 bits per heavy atom. The number of alkyl halides is 1. The Morgan fingerprint density at radius 1 is 1.09 bits per heavy atom. The third-order valence-electron chi connectivity index (χ3n) is 3.60. The number of rotatable bonds is 12. The zero-order valence-corrected chi connectivity index (χ0v) is 15.0. The van der Waals surface area contributed by atoms with Crippen LogP contribution in [-0.2, 0) is 9.53 Å². The Labute approximate surface area is 144 Å². The number of carbonyl (C=O) groups is 1. The largest absolute Gasteiger partial charge is 0.469 e. The van der Waals surface area contributed by atoms with E-state index < -0.39 is 0 Å². The molecule has 0 heterocycles. The standard InChI is InChI=1S/C18H27ClO2S/c1-21-18(20)14-10-5-3-2-4-7-13-17(15-19)22-16-11-8-6-9-12-16/h6,8-9,11-12,17H,2-5,7,10,13-15H2,1H3. The predicted molar refractivity (Wildman–Crippen MR) is 95.8 cm³/mol. The van der Waals surface area contributed by atoms with Gasteiger partial charge in [-0.05, 0) is 25.0 Å². The van der Waals surface area contributed by atoms with Gasteiger partial charge in [-0.2, -0.15) is 0 Å². The number of hydrogen-bond donors (Lipinski definition) is 0. The van der Waals surface area contributed by atoms with Gasteiger partial charge in [0, 0.05) is 22.4 Å². The van der Waals surface area contributed by atoms with Crippen molar-refractivity contribution in [1.29, 1.82) is 0 Å². The van der Waals surface area contributed by atoms with Crippen molar-refractivity contribution in [2.75, 3.05) is 13.0 Å². The summed E-state index contributed by atoms with van der Waals surface area (Å²) in [7, 11) is 1.45. The molecule has 0 radical (unpaired) electrons. The van der Waals surface area contributed by atoms with Crippen LogP contribution in [0.1, 0.15) is 51.4 Å². The molecule has 0 fully saturated rings. The average molecular weight is 343 g/mol. The lowest BCUT2D eigenvalue weighted by Crippen LogP contribution is -2.04. The minimum atomic E-state index is -0.0945. The Hall–Kier alpha value is -0.670. The van der Waals surface area contributed by atoms with E-state index in [4.69, 9.17) is 11.6 Å². The fourth-order valence-electron chi connectivity index (χ4n) is 2.31. The third-order valence-corrected chi connectivity index (χ3v) is 5.44. The molecule has 0 aliphatic rings. The molecular formula is C18H27ClO2S. The van der Waals surface area contributed by atoms with Crippen molar-refractivity contribution >= 4 is 29.3 Å². The van der Waals surface area contributed by atoms with Crippen molar-refractivity contribution in [1.82, 2.24) is 0 Å². The highest BCUT2D eigenvalue weighted by Gasteiger charge is 2.08. The van der Waals surface area contributed by atoms with Gasteiger partial charge in [-0.25, -0.2) is 0 Å². The minimum Gasteiger partial charge on any atom is -0.469 e. The summed E-state index contributed by atoms with van der Waals surface area (Å²) < 4.78 is 4.63. The Morgan fingerprint density at radius 3 is 2.36 bits per heavy atom. The van der Waals surface area contributed by atoms with Gasteiger partial charge in [0.05, 0.1) is 7.11 Å². The molecule has 0 saturated carbocycles. The molecule has 1 aromatic carbocycles. The molecule has 1 aromatic rings. The molecule has 0 bridgehead atoms. The van der Waals surface area contributed by atoms with Crippen molar-refractivity contribution < 1.29 is 9.53 Å². The monoisotopic (exact) mass is 342 g/mol. The highest BCUT2D eigenvalue weighted by atomic mass is 35.5. The highest BCUT2D eigenvalue weighted by molar-refractivity contribution is 8.00. The number of carbonyl (C=O) groups excluding carboxylic acids is 1. The number of unbranched alkanes of at least 4 members (excludes halogenated alkanes) is 5. The van der Waals surface area contributed by atoms with E-state index in [-0.39, 0.29) is 5.97 Å². The van der Waals surface area contributed by atoms with Gasteiger partial charge in [-0.3, -0.25) is 4.79 Å². The number of esters is 1. The van der Waals surface area contributed by atoms with E-state index in [9.17, 15) is 4.79 Å². The fourth-order valence-corrected chi connectivity index (χ4v) is 3.70. The summed E-state index contributed by atoms with van der Waals surface area (Å²) in [4.78, 5) is 12.3. The van der Waals surface area contributed by atoms with Crippen molar-refractivity contribution in [3.63, 3.8) is 0 Å². The van der Waals surface area contributed by atoms with Gasteiger partial charge in [0.2, 0.25) is 0 Å². The van der Waals surface area contributed by atoms with Crippen LogP contribution in [0.2, 0.25) is 0 Å². The smallest absolute Gasteiger partial charge is 0.305 e. The van der Waals surface area contributed by atoms with Gasteiger partial charge in [-0.15, -0.1) is 23.4 Å². The first-order chi connectivity index (χ1) is 10.8. The number of ether oxygens (including phenoxy) is 1. The Balaban J connectivity index is 2.01. The molecule has 1 atom stereocenters. The van der Waals surface area contributed by atoms with Crippen molar-refractivity contribution in [2.24, 2.45) is 0 Å². The normalized spacial score (nSPS) is 12.1. The Kier molecular flexibility index (Phi) is 11.3. The number of thioether (sulfide) groups is 1. The van der Waals surface area contributed by atoms with E-state index in [2.05, 4.69) is 29.0 Å². The topological polar surface area (TPSA) is 26.3 Å². The first-order valence-corrected chi connectivity index (χ1v) is 9.52. The maximum atomic E-state index is 11.0. The molecule has 4 heteroatoms. The van der Waals surface area contributed by atoms with E-state index >= 15 is 0 Å². The van der Waals surface area contributed by atoms with Crippen LogP contribution >= 0.6 is 23.4 Å². The SMILES string of the molecule is COC(=O)CCCCCCCCC(CCl)Sc1ccccc1. The molecule has 22 heavy (non-hydrogen) atoms. The summed E-state index contributed by atoms with van der Waals surface area (Å²) in [5, 5.41) is 0.503. The first kappa shape index (κ1) is 19.4. The summed E-state index contributed by atoms with van der Waals surface area (Å²) in [6.07, 6.45) is 8.72. The van der Waals surface area contributed by atoms with Crippen LogP contribution in [0.3, 0.4) is 0 Å². The lowest BCUT2D eigenvalue weighted by Gasteiger charge is -2.13. The van der Waals surface area contributed by atoms with Crippen molar-refractivity contribution in [2.45, 2.75) is 61.5 Å². The van der Waals surface area contributed by atoms with Crippen molar-refractivity contribution in [3.05, 3.63) is 30.3 Å². The van der Waals surface area contributed by atoms with E-state index in [1.54, 1.807) is 0 Å². The van der Waals surface area contributed by atoms with E-state index in [0.29, 0.717) is 17.6 Å². The van der Waals surface area contributed by atoms with Crippen LogP contribution in [0.15, 0.2) is 35.2 Å². The lowest BCUT2D eigenvalue weighted by atomic mass is 10.1. The Bertz CT molecular complexity index is 397. The molecule has 1 unspecified atom stereocenters. The number of hydrogen-bond acceptors (Lipinski definition) is 3. The summed E-state index contributed by atoms with van der Waals surface area (Å²) in [5.74, 6) is 0.612. The minimum absolute atomic E-state index is 0.0945. The van der Waals surface area contributed by atoms with Crippen LogP contribution in [-0.4, -0.2) is 24.2 Å². The van der Waals surface area contributed by atoms with Crippen molar-refractivity contribution in [3.8, 4) is 0 Å². The molecule has 0 aliphatic carbocycles. The molecule has 1 rings (SSSR count). The molecule has 0 amide bonds. The highest BCUT2D eigenvalue weighted by Crippen LogP contribution is 2.27. The molecule has 124 valence electrons. The number of halogens is 1. The maximum Gasteiger partial charge on any atom is 0.305 e. The molecule has 2 nitrogen and oxygen atoms in total. The van der Waals surface area contributed by atoms with Crippen LogP contribution in [0, 0.1) is 0 Å². The van der Waals surface area contributed by atoms with Gasteiger partial charge in [0.15, 0.2) is 0 Å². The van der Waals surface area contributed by atoms with Gasteiger partial charge in [-0.1, -0.05) is 50.3 Å². The summed E-state index contributed by atoms with van der Waals surface area (Å²) in [5.41, 5.74) is 0. The van der Waals surface area contributed by atoms with Gasteiger partial charge < -0.3 is 4.74 Å². The zero-order chi connectivity index (χ0) is 16.0. The maximum absolute atomic E-state index is 11.0. The van der Waals surface area contributed by atoms with Crippen LogP contribution in [0.4, 0.5) is 0 Å². The van der Waals surface area contributed by atoms with E-state index in [1.165, 1.54) is 44.1 Å². The van der Waals surface area contributed by atoms with Crippen LogP contribution in [0.25, 0.3) is 0 Å². The van der Waals surface area contributed by atoms with E-state index in [1.807, 2.05) is 17.8 Å². The van der Waals surface area contributed by atoms with Gasteiger partial charge in [0.25, 0.3) is 0 Å². The van der Waals surface area contributed by atoms with Gasteiger partial charge >= 0.3 is 5.97 Å². The fraction of sp³-hybridized carbons (Fsp3) is 0.611. The second-order valence-corrected chi connectivity index (χ2v) is 7.13. The van der Waals surface area contributed by atoms with Crippen LogP contribution < -0.4 is 0 Å². The second kappa shape index (κ2) is 12.8. The average Bonchev–Trinajstić information content (AvgIpc) is 2.56. The second-order valence-electron chi connectivity index (χ2n) is 5.44. The molecular weight excluding hydrogens is 316 g/mol. The van der Waals surface area contributed by atoms with E-state index in [0.717, 1.165) is 12.8 Å². The summed E-state index contributed by atoms with van der Waals surface area (Å²) in [6, 6.07) is 10.5. The first-order valence-electron chi connectivity index (χ1n) is 8.10. The van der Waals surface area contributed by atoms with Gasteiger partial charge in [0.1, 0.15) is 0 Å². The zero-order valence-electron chi connectivity index (χ0n) is 13.4. The summed E-state index contributed by atoms with van der Waals surface area (Å²) >= 11 is 7.96. The number of methoxy groups -OCH3 is 1. The quantitative estimate of drug-likeness (QED) is 0.211. The molecule has 0 spiro atoms. The molecule has 0 saturated heterocycles. The predicted octanol–water partition coefficient (Wildman–Crippen LogP) is 5.68.